The van der Waals surface area contributed by atoms with Crippen molar-refractivity contribution in [3.05, 3.63) is 0 Å². The van der Waals surface area contributed by atoms with Crippen molar-refractivity contribution in [1.29, 1.82) is 0 Å². The summed E-state index contributed by atoms with van der Waals surface area (Å²) in [5.74, 6) is 0. The number of aliphatic hydroxyl groups is 1. The van der Waals surface area contributed by atoms with E-state index in [4.69, 9.17) is 0 Å². The zero-order valence-corrected chi connectivity index (χ0v) is 11.1. The molecule has 1 aliphatic rings. The van der Waals surface area contributed by atoms with Gasteiger partial charge in [-0.2, -0.15) is 13.2 Å². The number of nitrogens with one attached hydrogen (secondary N) is 1. The molecule has 108 valence electrons. The lowest BCUT2D eigenvalue weighted by molar-refractivity contribution is -0.146. The second-order valence-electron chi connectivity index (χ2n) is 5.37. The number of alkyl halides is 3. The molecule has 1 aliphatic carbocycles. The van der Waals surface area contributed by atoms with Gasteiger partial charge in [-0.15, -0.1) is 0 Å². The molecule has 0 aromatic rings. The Morgan fingerprint density at radius 1 is 1.33 bits per heavy atom. The first-order chi connectivity index (χ1) is 8.28. The molecule has 1 saturated carbocycles. The molecule has 0 aromatic carbocycles. The largest absolute Gasteiger partial charge is 0.401 e. The standard InChI is InChI=1S/C12H23F3N2O/c1-3-17(8-12(13,14)15)7-6-11(2,9-18)16-10-4-5-10/h10,16,18H,3-9H2,1-2H3. The van der Waals surface area contributed by atoms with Gasteiger partial charge in [0.1, 0.15) is 0 Å². The highest BCUT2D eigenvalue weighted by Gasteiger charge is 2.34. The molecule has 0 amide bonds. The van der Waals surface area contributed by atoms with E-state index in [0.717, 1.165) is 12.8 Å². The minimum Gasteiger partial charge on any atom is -0.394 e. The van der Waals surface area contributed by atoms with Gasteiger partial charge in [0.2, 0.25) is 0 Å². The molecule has 0 spiro atoms. The number of aliphatic hydroxyl groups excluding tert-OH is 1. The molecular weight excluding hydrogens is 245 g/mol. The molecule has 0 heterocycles. The van der Waals surface area contributed by atoms with E-state index >= 15 is 0 Å². The maximum Gasteiger partial charge on any atom is 0.401 e. The molecule has 1 rings (SSSR count). The van der Waals surface area contributed by atoms with Crippen LogP contribution in [0.4, 0.5) is 13.2 Å². The van der Waals surface area contributed by atoms with E-state index in [1.54, 1.807) is 6.92 Å². The van der Waals surface area contributed by atoms with Gasteiger partial charge in [-0.05, 0) is 32.7 Å². The van der Waals surface area contributed by atoms with Crippen LogP contribution in [0.1, 0.15) is 33.1 Å². The molecular formula is C12H23F3N2O. The molecule has 0 aromatic heterocycles. The van der Waals surface area contributed by atoms with Gasteiger partial charge in [-0.1, -0.05) is 6.92 Å². The van der Waals surface area contributed by atoms with Crippen LogP contribution in [0.2, 0.25) is 0 Å². The first kappa shape index (κ1) is 15.7. The first-order valence-electron chi connectivity index (χ1n) is 6.45. The number of hydrogen-bond donors (Lipinski definition) is 2. The quantitative estimate of drug-likeness (QED) is 0.704. The molecule has 6 heteroatoms. The van der Waals surface area contributed by atoms with E-state index in [2.05, 4.69) is 5.32 Å². The lowest BCUT2D eigenvalue weighted by atomic mass is 9.98. The summed E-state index contributed by atoms with van der Waals surface area (Å²) in [5, 5.41) is 12.7. The SMILES string of the molecule is CCN(CCC(C)(CO)NC1CC1)CC(F)(F)F. The highest BCUT2D eigenvalue weighted by atomic mass is 19.4. The van der Waals surface area contributed by atoms with Crippen molar-refractivity contribution in [1.82, 2.24) is 10.2 Å². The summed E-state index contributed by atoms with van der Waals surface area (Å²) in [5.41, 5.74) is -0.472. The van der Waals surface area contributed by atoms with Gasteiger partial charge >= 0.3 is 6.18 Å². The minimum atomic E-state index is -4.16. The van der Waals surface area contributed by atoms with E-state index < -0.39 is 18.3 Å². The lowest BCUT2D eigenvalue weighted by Crippen LogP contribution is -2.49. The van der Waals surface area contributed by atoms with Gasteiger partial charge in [0, 0.05) is 18.1 Å². The van der Waals surface area contributed by atoms with E-state index in [0.29, 0.717) is 25.6 Å². The van der Waals surface area contributed by atoms with Crippen molar-refractivity contribution in [2.45, 2.75) is 50.9 Å². The molecule has 1 fully saturated rings. The molecule has 1 atom stereocenters. The van der Waals surface area contributed by atoms with Gasteiger partial charge in [0.25, 0.3) is 0 Å². The summed E-state index contributed by atoms with van der Waals surface area (Å²) >= 11 is 0. The van der Waals surface area contributed by atoms with E-state index in [-0.39, 0.29) is 6.61 Å². The number of nitrogens with zero attached hydrogens (tertiary/aromatic N) is 1. The maximum atomic E-state index is 12.3. The van der Waals surface area contributed by atoms with Crippen molar-refractivity contribution in [2.75, 3.05) is 26.2 Å². The van der Waals surface area contributed by atoms with Crippen molar-refractivity contribution in [3.63, 3.8) is 0 Å². The van der Waals surface area contributed by atoms with Crippen molar-refractivity contribution in [3.8, 4) is 0 Å². The molecule has 0 saturated heterocycles. The first-order valence-corrected chi connectivity index (χ1v) is 6.45. The highest BCUT2D eigenvalue weighted by molar-refractivity contribution is 4.92. The molecule has 1 unspecified atom stereocenters. The Labute approximate surface area is 106 Å². The van der Waals surface area contributed by atoms with E-state index in [9.17, 15) is 18.3 Å². The molecule has 0 aliphatic heterocycles. The second kappa shape index (κ2) is 6.21. The molecule has 3 nitrogen and oxygen atoms in total. The van der Waals surface area contributed by atoms with Crippen LogP contribution in [-0.2, 0) is 0 Å². The molecule has 18 heavy (non-hydrogen) atoms. The van der Waals surface area contributed by atoms with Gasteiger partial charge in [0.15, 0.2) is 0 Å². The lowest BCUT2D eigenvalue weighted by Gasteiger charge is -2.32. The Morgan fingerprint density at radius 2 is 1.94 bits per heavy atom. The Balaban J connectivity index is 2.38. The van der Waals surface area contributed by atoms with Crippen LogP contribution in [0.15, 0.2) is 0 Å². The number of rotatable bonds is 8. The van der Waals surface area contributed by atoms with Gasteiger partial charge in [-0.3, -0.25) is 4.90 Å². The second-order valence-corrected chi connectivity index (χ2v) is 5.37. The monoisotopic (exact) mass is 268 g/mol. The minimum absolute atomic E-state index is 0.0485. The average molecular weight is 268 g/mol. The number of halogens is 3. The summed E-state index contributed by atoms with van der Waals surface area (Å²) < 4.78 is 36.9. The predicted octanol–water partition coefficient (Wildman–Crippen LogP) is 1.76. The van der Waals surface area contributed by atoms with Crippen LogP contribution in [0.3, 0.4) is 0 Å². The summed E-state index contributed by atoms with van der Waals surface area (Å²) in [6.07, 6.45) is -1.45. The third-order valence-electron chi connectivity index (χ3n) is 3.31. The third-order valence-corrected chi connectivity index (χ3v) is 3.31. The van der Waals surface area contributed by atoms with Crippen LogP contribution < -0.4 is 5.32 Å². The van der Waals surface area contributed by atoms with Crippen LogP contribution in [-0.4, -0.2) is 54.0 Å². The van der Waals surface area contributed by atoms with Crippen molar-refractivity contribution in [2.24, 2.45) is 0 Å². The van der Waals surface area contributed by atoms with Gasteiger partial charge in [0.05, 0.1) is 13.2 Å². The zero-order valence-electron chi connectivity index (χ0n) is 11.1. The molecule has 0 radical (unpaired) electrons. The summed E-state index contributed by atoms with van der Waals surface area (Å²) in [4.78, 5) is 1.36. The average Bonchev–Trinajstić information content (AvgIpc) is 3.06. The van der Waals surface area contributed by atoms with Crippen LogP contribution in [0, 0.1) is 0 Å². The molecule has 2 N–H and O–H groups in total. The van der Waals surface area contributed by atoms with E-state index in [1.165, 1.54) is 4.90 Å². The van der Waals surface area contributed by atoms with Crippen LogP contribution in [0.25, 0.3) is 0 Å². The normalized spacial score (nSPS) is 20.2. The van der Waals surface area contributed by atoms with Crippen molar-refractivity contribution >= 4 is 0 Å². The van der Waals surface area contributed by atoms with Gasteiger partial charge in [-0.25, -0.2) is 0 Å². The Morgan fingerprint density at radius 3 is 2.33 bits per heavy atom. The fourth-order valence-corrected chi connectivity index (χ4v) is 1.92. The smallest absolute Gasteiger partial charge is 0.394 e. The Hall–Kier alpha value is -0.330. The topological polar surface area (TPSA) is 35.5 Å². The maximum absolute atomic E-state index is 12.3. The number of hydrogen-bond acceptors (Lipinski definition) is 3. The summed E-state index contributed by atoms with van der Waals surface area (Å²) in [7, 11) is 0. The summed E-state index contributed by atoms with van der Waals surface area (Å²) in [6, 6.07) is 0.430. The Kier molecular flexibility index (Phi) is 5.43. The predicted molar refractivity (Wildman–Crippen MR) is 64.4 cm³/mol. The van der Waals surface area contributed by atoms with E-state index in [1.807, 2.05) is 6.92 Å². The molecule has 0 bridgehead atoms. The Bertz CT molecular complexity index is 256. The van der Waals surface area contributed by atoms with Crippen LogP contribution >= 0.6 is 0 Å². The van der Waals surface area contributed by atoms with Crippen molar-refractivity contribution < 1.29 is 18.3 Å². The van der Waals surface area contributed by atoms with Crippen LogP contribution in [0.5, 0.6) is 0 Å². The fourth-order valence-electron chi connectivity index (χ4n) is 1.92. The summed E-state index contributed by atoms with van der Waals surface area (Å²) in [6.45, 7) is 3.36. The zero-order chi connectivity index (χ0) is 13.8. The third kappa shape index (κ3) is 6.02. The highest BCUT2D eigenvalue weighted by Crippen LogP contribution is 2.24. The van der Waals surface area contributed by atoms with Gasteiger partial charge < -0.3 is 10.4 Å². The fraction of sp³-hybridized carbons (Fsp3) is 1.00.